The second-order valence-corrected chi connectivity index (χ2v) is 7.78. The first-order valence-corrected chi connectivity index (χ1v) is 8.90. The van der Waals surface area contributed by atoms with Gasteiger partial charge in [0.05, 0.1) is 4.90 Å². The molecule has 0 bridgehead atoms. The molecule has 0 radical (unpaired) electrons. The number of halogens is 1. The summed E-state index contributed by atoms with van der Waals surface area (Å²) in [7, 11) is -1.69. The highest BCUT2D eigenvalue weighted by Gasteiger charge is 2.31. The number of para-hydroxylation sites is 1. The number of likely N-dealkylation sites (N-methyl/N-ethyl adjacent to an activating group) is 1. The van der Waals surface area contributed by atoms with Crippen LogP contribution >= 0.6 is 0 Å². The largest absolute Gasteiger partial charge is 0.370 e. The molecule has 0 amide bonds. The fourth-order valence-electron chi connectivity index (χ4n) is 2.84. The molecule has 4 nitrogen and oxygen atoms in total. The van der Waals surface area contributed by atoms with E-state index in [1.807, 2.05) is 38.2 Å². The molecule has 2 aromatic rings. The number of rotatable bonds is 2. The minimum atomic E-state index is -3.66. The zero-order chi connectivity index (χ0) is 16.6. The third kappa shape index (κ3) is 2.96. The molecule has 0 aliphatic carbocycles. The fourth-order valence-corrected chi connectivity index (χ4v) is 4.34. The van der Waals surface area contributed by atoms with Crippen molar-refractivity contribution < 1.29 is 12.8 Å². The maximum Gasteiger partial charge on any atom is 0.243 e. The predicted molar refractivity (Wildman–Crippen MR) is 88.3 cm³/mol. The first-order chi connectivity index (χ1) is 10.9. The zero-order valence-corrected chi connectivity index (χ0v) is 13.9. The molecule has 1 heterocycles. The summed E-state index contributed by atoms with van der Waals surface area (Å²) in [5.41, 5.74) is 2.00. The van der Waals surface area contributed by atoms with E-state index in [0.29, 0.717) is 13.1 Å². The summed E-state index contributed by atoms with van der Waals surface area (Å²) < 4.78 is 40.3. The maximum atomic E-state index is 13.1. The Bertz CT molecular complexity index is 806. The highest BCUT2D eigenvalue weighted by Crippen LogP contribution is 2.29. The van der Waals surface area contributed by atoms with Gasteiger partial charge in [0.2, 0.25) is 10.0 Å². The molecular weight excluding hydrogens is 315 g/mol. The number of fused-ring (bicyclic) bond motifs is 1. The standard InChI is InChI=1S/C17H19FN2O2S/c1-13-11-20(12-14-5-3-4-6-17(14)19(13)2)23(21,22)16-9-7-15(18)8-10-16/h3-10,13H,11-12H2,1-2H3. The van der Waals surface area contributed by atoms with Gasteiger partial charge in [-0.25, -0.2) is 12.8 Å². The Hall–Kier alpha value is -1.92. The number of hydrogen-bond acceptors (Lipinski definition) is 3. The van der Waals surface area contributed by atoms with Crippen molar-refractivity contribution in [3.8, 4) is 0 Å². The van der Waals surface area contributed by atoms with E-state index >= 15 is 0 Å². The lowest BCUT2D eigenvalue weighted by molar-refractivity contribution is 0.392. The van der Waals surface area contributed by atoms with Crippen LogP contribution in [0, 0.1) is 5.82 Å². The Morgan fingerprint density at radius 3 is 2.43 bits per heavy atom. The van der Waals surface area contributed by atoms with Crippen molar-refractivity contribution in [3.63, 3.8) is 0 Å². The maximum absolute atomic E-state index is 13.1. The Morgan fingerprint density at radius 1 is 1.09 bits per heavy atom. The molecule has 3 rings (SSSR count). The van der Waals surface area contributed by atoms with Gasteiger partial charge in [-0.05, 0) is 42.8 Å². The lowest BCUT2D eigenvalue weighted by Crippen LogP contribution is -2.40. The van der Waals surface area contributed by atoms with Crippen LogP contribution < -0.4 is 4.90 Å². The predicted octanol–water partition coefficient (Wildman–Crippen LogP) is 2.85. The summed E-state index contributed by atoms with van der Waals surface area (Å²) in [6, 6.07) is 12.8. The lowest BCUT2D eigenvalue weighted by Gasteiger charge is -2.27. The molecule has 1 atom stereocenters. The monoisotopic (exact) mass is 334 g/mol. The Labute approximate surface area is 136 Å². The first kappa shape index (κ1) is 16.0. The van der Waals surface area contributed by atoms with E-state index < -0.39 is 15.8 Å². The molecule has 0 saturated carbocycles. The van der Waals surface area contributed by atoms with Crippen LogP contribution in [0.1, 0.15) is 12.5 Å². The van der Waals surface area contributed by atoms with E-state index in [1.54, 1.807) is 0 Å². The molecule has 2 aromatic carbocycles. The van der Waals surface area contributed by atoms with Crippen LogP contribution in [0.25, 0.3) is 0 Å². The summed E-state index contributed by atoms with van der Waals surface area (Å²) in [6.07, 6.45) is 0. The molecule has 0 aromatic heterocycles. The summed E-state index contributed by atoms with van der Waals surface area (Å²) >= 11 is 0. The van der Waals surface area contributed by atoms with Crippen LogP contribution in [-0.2, 0) is 16.6 Å². The van der Waals surface area contributed by atoms with Gasteiger partial charge in [0.15, 0.2) is 0 Å². The Balaban J connectivity index is 2.01. The zero-order valence-electron chi connectivity index (χ0n) is 13.1. The van der Waals surface area contributed by atoms with Crippen LogP contribution in [0.5, 0.6) is 0 Å². The number of anilines is 1. The minimum absolute atomic E-state index is 0.0360. The van der Waals surface area contributed by atoms with Gasteiger partial charge in [-0.2, -0.15) is 4.31 Å². The average Bonchev–Trinajstić information content (AvgIpc) is 2.66. The van der Waals surface area contributed by atoms with Crippen molar-refractivity contribution in [1.82, 2.24) is 4.31 Å². The average molecular weight is 334 g/mol. The second kappa shape index (κ2) is 5.94. The van der Waals surface area contributed by atoms with Crippen molar-refractivity contribution in [2.75, 3.05) is 18.5 Å². The van der Waals surface area contributed by atoms with Crippen LogP contribution in [0.15, 0.2) is 53.4 Å². The molecule has 0 spiro atoms. The van der Waals surface area contributed by atoms with E-state index in [9.17, 15) is 12.8 Å². The normalized spacial score (nSPS) is 19.3. The molecule has 0 saturated heterocycles. The molecule has 122 valence electrons. The quantitative estimate of drug-likeness (QED) is 0.848. The van der Waals surface area contributed by atoms with E-state index in [0.717, 1.165) is 11.3 Å². The lowest BCUT2D eigenvalue weighted by atomic mass is 10.1. The second-order valence-electron chi connectivity index (χ2n) is 5.84. The third-order valence-corrected chi connectivity index (χ3v) is 6.12. The summed E-state index contributed by atoms with van der Waals surface area (Å²) in [5.74, 6) is -0.446. The van der Waals surface area contributed by atoms with Crippen molar-refractivity contribution in [3.05, 3.63) is 59.9 Å². The number of sulfonamides is 1. The third-order valence-electron chi connectivity index (χ3n) is 4.30. The van der Waals surface area contributed by atoms with Crippen LogP contribution in [0.3, 0.4) is 0 Å². The van der Waals surface area contributed by atoms with E-state index in [4.69, 9.17) is 0 Å². The van der Waals surface area contributed by atoms with Gasteiger partial charge in [-0.3, -0.25) is 0 Å². The van der Waals surface area contributed by atoms with Crippen molar-refractivity contribution in [2.45, 2.75) is 24.4 Å². The van der Waals surface area contributed by atoms with Gasteiger partial charge in [0.25, 0.3) is 0 Å². The summed E-state index contributed by atoms with van der Waals surface area (Å²) in [5, 5.41) is 0. The van der Waals surface area contributed by atoms with Gasteiger partial charge in [0, 0.05) is 31.9 Å². The van der Waals surface area contributed by atoms with E-state index in [-0.39, 0.29) is 10.9 Å². The van der Waals surface area contributed by atoms with Gasteiger partial charge < -0.3 is 4.90 Å². The molecular formula is C17H19FN2O2S. The molecule has 6 heteroatoms. The van der Waals surface area contributed by atoms with Crippen molar-refractivity contribution in [1.29, 1.82) is 0 Å². The fraction of sp³-hybridized carbons (Fsp3) is 0.294. The van der Waals surface area contributed by atoms with Crippen LogP contribution in [0.4, 0.5) is 10.1 Å². The van der Waals surface area contributed by atoms with Gasteiger partial charge in [0.1, 0.15) is 5.82 Å². The minimum Gasteiger partial charge on any atom is -0.370 e. The van der Waals surface area contributed by atoms with E-state index in [1.165, 1.54) is 28.6 Å². The molecule has 23 heavy (non-hydrogen) atoms. The molecule has 1 aliphatic rings. The summed E-state index contributed by atoms with van der Waals surface area (Å²) in [4.78, 5) is 2.21. The molecule has 0 N–H and O–H groups in total. The van der Waals surface area contributed by atoms with Crippen LogP contribution in [-0.4, -0.2) is 32.4 Å². The van der Waals surface area contributed by atoms with Crippen LogP contribution in [0.2, 0.25) is 0 Å². The number of benzene rings is 2. The van der Waals surface area contributed by atoms with Gasteiger partial charge in [-0.1, -0.05) is 18.2 Å². The SMILES string of the molecule is CC1CN(S(=O)(=O)c2ccc(F)cc2)Cc2ccccc2N1C. The smallest absolute Gasteiger partial charge is 0.243 e. The van der Waals surface area contributed by atoms with Gasteiger partial charge >= 0.3 is 0 Å². The topological polar surface area (TPSA) is 40.6 Å². The molecule has 0 fully saturated rings. The first-order valence-electron chi connectivity index (χ1n) is 7.46. The van der Waals surface area contributed by atoms with Gasteiger partial charge in [-0.15, -0.1) is 0 Å². The van der Waals surface area contributed by atoms with Crippen molar-refractivity contribution >= 4 is 15.7 Å². The van der Waals surface area contributed by atoms with E-state index in [2.05, 4.69) is 4.90 Å². The Morgan fingerprint density at radius 2 is 1.74 bits per heavy atom. The molecule has 1 unspecified atom stereocenters. The van der Waals surface area contributed by atoms with Crippen molar-refractivity contribution in [2.24, 2.45) is 0 Å². The molecule has 1 aliphatic heterocycles. The number of nitrogens with zero attached hydrogens (tertiary/aromatic N) is 2. The number of hydrogen-bond donors (Lipinski definition) is 0. The Kier molecular flexibility index (Phi) is 4.12. The highest BCUT2D eigenvalue weighted by atomic mass is 32.2. The highest BCUT2D eigenvalue weighted by molar-refractivity contribution is 7.89. The summed E-state index contributed by atoms with van der Waals surface area (Å²) in [6.45, 7) is 2.69.